The molecule has 2 aromatic rings. The van der Waals surface area contributed by atoms with Crippen LogP contribution in [-0.4, -0.2) is 11.3 Å². The van der Waals surface area contributed by atoms with E-state index >= 15 is 0 Å². The minimum absolute atomic E-state index is 0.0717. The lowest BCUT2D eigenvalue weighted by Gasteiger charge is -2.46. The molecule has 31 heavy (non-hydrogen) atoms. The number of anilines is 2. The van der Waals surface area contributed by atoms with E-state index in [1.807, 2.05) is 24.3 Å². The van der Waals surface area contributed by atoms with Crippen LogP contribution in [0.5, 0.6) is 0 Å². The molecular weight excluding hydrogens is 384 g/mol. The number of benzene rings is 2. The van der Waals surface area contributed by atoms with Crippen molar-refractivity contribution in [2.45, 2.75) is 47.1 Å². The average molecular weight is 421 g/mol. The molecule has 0 radical (unpaired) electrons. The van der Waals surface area contributed by atoms with E-state index in [0.29, 0.717) is 22.6 Å². The lowest BCUT2D eigenvalue weighted by atomic mass is 9.61. The third-order valence-corrected chi connectivity index (χ3v) is 6.62. The summed E-state index contributed by atoms with van der Waals surface area (Å²) >= 11 is 0. The lowest BCUT2D eigenvalue weighted by molar-refractivity contribution is 0.0839. The van der Waals surface area contributed by atoms with Crippen LogP contribution in [0.4, 0.5) is 11.4 Å². The molecule has 2 atom stereocenters. The number of allylic oxidation sites excluding steroid dienone is 2. The van der Waals surface area contributed by atoms with Gasteiger partial charge in [-0.05, 0) is 41.0 Å². The molecule has 5 heteroatoms. The molecular formula is C26H36N4O. The average Bonchev–Trinajstić information content (AvgIpc) is 2.67. The smallest absolute Gasteiger partial charge is 0.189 e. The van der Waals surface area contributed by atoms with Crippen LogP contribution < -0.4 is 22.9 Å². The fraction of sp³-hybridized carbons (Fsp3) is 0.423. The van der Waals surface area contributed by atoms with Crippen LogP contribution in [-0.2, 0) is 0 Å². The zero-order valence-corrected chi connectivity index (χ0v) is 19.5. The predicted molar refractivity (Wildman–Crippen MR) is 131 cm³/mol. The second-order valence-corrected chi connectivity index (χ2v) is 9.71. The zero-order chi connectivity index (χ0) is 23.2. The maximum absolute atomic E-state index is 14.2. The van der Waals surface area contributed by atoms with E-state index in [0.717, 1.165) is 21.9 Å². The summed E-state index contributed by atoms with van der Waals surface area (Å²) in [5, 5.41) is 1.58. The molecule has 0 saturated heterocycles. The van der Waals surface area contributed by atoms with Gasteiger partial charge >= 0.3 is 0 Å². The number of Topliss-reactive ketones (excluding diaryl/α,β-unsaturated/α-hetero) is 1. The molecule has 0 aliphatic heterocycles. The fourth-order valence-electron chi connectivity index (χ4n) is 5.10. The summed E-state index contributed by atoms with van der Waals surface area (Å²) in [5.41, 5.74) is 29.3. The first-order chi connectivity index (χ1) is 14.4. The van der Waals surface area contributed by atoms with Gasteiger partial charge in [-0.1, -0.05) is 65.8 Å². The number of hydrogen-bond acceptors (Lipinski definition) is 5. The van der Waals surface area contributed by atoms with Gasteiger partial charge < -0.3 is 22.9 Å². The van der Waals surface area contributed by atoms with Gasteiger partial charge in [0, 0.05) is 33.6 Å². The van der Waals surface area contributed by atoms with Crippen molar-refractivity contribution in [3.05, 3.63) is 58.8 Å². The van der Waals surface area contributed by atoms with Crippen LogP contribution >= 0.6 is 0 Å². The lowest BCUT2D eigenvalue weighted by Crippen LogP contribution is -2.61. The van der Waals surface area contributed by atoms with Gasteiger partial charge in [0.2, 0.25) is 0 Å². The molecule has 5 nitrogen and oxygen atoms in total. The number of nitrogens with two attached hydrogens (primary N) is 4. The first-order valence-electron chi connectivity index (χ1n) is 11.0. The van der Waals surface area contributed by atoms with Crippen LogP contribution in [0.15, 0.2) is 53.3 Å². The van der Waals surface area contributed by atoms with Crippen molar-refractivity contribution in [3.63, 3.8) is 0 Å². The summed E-state index contributed by atoms with van der Waals surface area (Å²) < 4.78 is 0. The van der Waals surface area contributed by atoms with E-state index in [1.165, 1.54) is 0 Å². The summed E-state index contributed by atoms with van der Waals surface area (Å²) in [7, 11) is 0. The monoisotopic (exact) mass is 420 g/mol. The molecule has 1 aliphatic rings. The zero-order valence-electron chi connectivity index (χ0n) is 19.5. The van der Waals surface area contributed by atoms with Crippen molar-refractivity contribution >= 4 is 27.9 Å². The minimum Gasteiger partial charge on any atom is -0.401 e. The van der Waals surface area contributed by atoms with E-state index < -0.39 is 5.54 Å². The van der Waals surface area contributed by atoms with Crippen LogP contribution in [0.25, 0.3) is 10.8 Å². The highest BCUT2D eigenvalue weighted by Crippen LogP contribution is 2.45. The van der Waals surface area contributed by atoms with E-state index in [1.54, 1.807) is 6.07 Å². The summed E-state index contributed by atoms with van der Waals surface area (Å²) in [6.45, 7) is 12.5. The van der Waals surface area contributed by atoms with Gasteiger partial charge in [0.25, 0.3) is 0 Å². The summed E-state index contributed by atoms with van der Waals surface area (Å²) in [6.07, 6.45) is 2.05. The largest absolute Gasteiger partial charge is 0.401 e. The molecule has 0 saturated carbocycles. The summed E-state index contributed by atoms with van der Waals surface area (Å²) in [6, 6.07) is 9.14. The standard InChI is InChI=1S/C26H36N4O/c1-13(2)19-12-20(14(3)4)26(30,22(15(5)6)24(19)29)25(31)18-11-10-16-17(23(18)28)8-7-9-21(16)27/h7-15,22H,27-30H2,1-6H3. The Morgan fingerprint density at radius 3 is 2.10 bits per heavy atom. The highest BCUT2D eigenvalue weighted by atomic mass is 16.1. The van der Waals surface area contributed by atoms with E-state index in [2.05, 4.69) is 47.6 Å². The van der Waals surface area contributed by atoms with Gasteiger partial charge in [-0.25, -0.2) is 0 Å². The molecule has 166 valence electrons. The number of fused-ring (bicyclic) bond motifs is 1. The Labute approximate surface area is 185 Å². The van der Waals surface area contributed by atoms with Crippen molar-refractivity contribution in [2.24, 2.45) is 35.1 Å². The van der Waals surface area contributed by atoms with Gasteiger partial charge in [-0.2, -0.15) is 0 Å². The Morgan fingerprint density at radius 2 is 1.55 bits per heavy atom. The Bertz CT molecular complexity index is 1090. The third kappa shape index (κ3) is 3.51. The number of rotatable bonds is 5. The maximum atomic E-state index is 14.2. The quantitative estimate of drug-likeness (QED) is 0.415. The van der Waals surface area contributed by atoms with Crippen LogP contribution in [0.3, 0.4) is 0 Å². The van der Waals surface area contributed by atoms with E-state index in [9.17, 15) is 4.79 Å². The second kappa shape index (κ2) is 8.04. The van der Waals surface area contributed by atoms with Gasteiger partial charge in [0.1, 0.15) is 5.54 Å². The highest BCUT2D eigenvalue weighted by molar-refractivity contribution is 6.15. The van der Waals surface area contributed by atoms with Crippen molar-refractivity contribution in [3.8, 4) is 0 Å². The van der Waals surface area contributed by atoms with Gasteiger partial charge in [0.15, 0.2) is 5.78 Å². The molecule has 2 aromatic carbocycles. The Balaban J connectivity index is 2.28. The predicted octanol–water partition coefficient (Wildman–Crippen LogP) is 4.62. The van der Waals surface area contributed by atoms with Gasteiger partial charge in [0.05, 0.1) is 5.69 Å². The molecule has 0 heterocycles. The Hall–Kier alpha value is -2.79. The fourth-order valence-corrected chi connectivity index (χ4v) is 5.10. The summed E-state index contributed by atoms with van der Waals surface area (Å²) in [5.74, 6) is -0.130. The number of hydrogen-bond donors (Lipinski definition) is 4. The number of ketones is 1. The van der Waals surface area contributed by atoms with Crippen molar-refractivity contribution in [1.82, 2.24) is 0 Å². The van der Waals surface area contributed by atoms with E-state index in [4.69, 9.17) is 22.9 Å². The Kier molecular flexibility index (Phi) is 5.94. The molecule has 0 fully saturated rings. The topological polar surface area (TPSA) is 121 Å². The molecule has 0 bridgehead atoms. The van der Waals surface area contributed by atoms with Crippen LogP contribution in [0, 0.1) is 23.7 Å². The second-order valence-electron chi connectivity index (χ2n) is 9.71. The number of carbonyl (C=O) groups excluding carboxylic acids is 1. The molecule has 0 amide bonds. The summed E-state index contributed by atoms with van der Waals surface area (Å²) in [4.78, 5) is 14.2. The van der Waals surface area contributed by atoms with Crippen LogP contribution in [0.1, 0.15) is 51.9 Å². The first-order valence-corrected chi connectivity index (χ1v) is 11.0. The molecule has 2 unspecified atom stereocenters. The van der Waals surface area contributed by atoms with Gasteiger partial charge in [-0.15, -0.1) is 0 Å². The first kappa shape index (κ1) is 22.9. The molecule has 0 spiro atoms. The minimum atomic E-state index is -1.27. The molecule has 1 aliphatic carbocycles. The molecule has 8 N–H and O–H groups in total. The number of carbonyl (C=O) groups is 1. The van der Waals surface area contributed by atoms with Crippen LogP contribution in [0.2, 0.25) is 0 Å². The maximum Gasteiger partial charge on any atom is 0.189 e. The molecule has 0 aromatic heterocycles. The normalized spacial score (nSPS) is 22.0. The molecule has 3 rings (SSSR count). The number of nitrogen functional groups attached to an aromatic ring is 2. The Morgan fingerprint density at radius 1 is 0.903 bits per heavy atom. The van der Waals surface area contributed by atoms with Crippen molar-refractivity contribution in [2.75, 3.05) is 11.5 Å². The van der Waals surface area contributed by atoms with Gasteiger partial charge in [-0.3, -0.25) is 4.79 Å². The highest BCUT2D eigenvalue weighted by Gasteiger charge is 2.51. The van der Waals surface area contributed by atoms with Crippen molar-refractivity contribution < 1.29 is 4.79 Å². The third-order valence-electron chi connectivity index (χ3n) is 6.62. The SMILES string of the molecule is CC(C)C1=CC(C(C)C)=C(N)C(C(C)C)C1(N)C(=O)c1ccc2c(N)cccc2c1N. The van der Waals surface area contributed by atoms with E-state index in [-0.39, 0.29) is 29.5 Å². The van der Waals surface area contributed by atoms with Crippen molar-refractivity contribution in [1.29, 1.82) is 0 Å².